The van der Waals surface area contributed by atoms with E-state index >= 15 is 0 Å². The van der Waals surface area contributed by atoms with E-state index in [0.717, 1.165) is 12.0 Å². The number of sulfonamides is 1. The molecule has 21 heavy (non-hydrogen) atoms. The molecule has 0 spiro atoms. The van der Waals surface area contributed by atoms with Gasteiger partial charge in [-0.05, 0) is 48.9 Å². The number of nitrogens with zero attached hydrogens (tertiary/aromatic N) is 1. The van der Waals surface area contributed by atoms with Crippen molar-refractivity contribution >= 4 is 15.7 Å². The van der Waals surface area contributed by atoms with Crippen molar-refractivity contribution in [3.05, 3.63) is 23.3 Å². The van der Waals surface area contributed by atoms with E-state index in [9.17, 15) is 13.5 Å². The Balaban J connectivity index is 2.46. The molecule has 6 heteroatoms. The molecule has 1 saturated heterocycles. The highest BCUT2D eigenvalue weighted by molar-refractivity contribution is 7.89. The summed E-state index contributed by atoms with van der Waals surface area (Å²) < 4.78 is 27.2. The van der Waals surface area contributed by atoms with E-state index in [1.54, 1.807) is 6.07 Å². The molecule has 0 saturated carbocycles. The molecular formula is C15H24N2O3S. The first kappa shape index (κ1) is 16.3. The van der Waals surface area contributed by atoms with Gasteiger partial charge >= 0.3 is 0 Å². The van der Waals surface area contributed by atoms with Crippen molar-refractivity contribution in [2.75, 3.05) is 18.8 Å². The van der Waals surface area contributed by atoms with Crippen LogP contribution < -0.4 is 5.73 Å². The number of hydrogen-bond acceptors (Lipinski definition) is 4. The summed E-state index contributed by atoms with van der Waals surface area (Å²) in [6.45, 7) is 4.62. The van der Waals surface area contributed by atoms with Gasteiger partial charge in [0.25, 0.3) is 0 Å². The van der Waals surface area contributed by atoms with Crippen LogP contribution in [-0.2, 0) is 22.9 Å². The molecular weight excluding hydrogens is 288 g/mol. The van der Waals surface area contributed by atoms with Gasteiger partial charge in [0.1, 0.15) is 0 Å². The Kier molecular flexibility index (Phi) is 4.91. The number of piperidine rings is 1. The Bertz CT molecular complexity index is 606. The van der Waals surface area contributed by atoms with Crippen molar-refractivity contribution < 1.29 is 13.5 Å². The van der Waals surface area contributed by atoms with E-state index in [0.29, 0.717) is 48.5 Å². The molecule has 0 amide bonds. The molecule has 3 N–H and O–H groups in total. The fraction of sp³-hybridized carbons (Fsp3) is 0.600. The Hall–Kier alpha value is -1.11. The predicted octanol–water partition coefficient (Wildman–Crippen LogP) is 1.54. The van der Waals surface area contributed by atoms with Crippen molar-refractivity contribution in [1.82, 2.24) is 4.31 Å². The molecule has 1 fully saturated rings. The van der Waals surface area contributed by atoms with E-state index < -0.39 is 16.1 Å². The fourth-order valence-electron chi connectivity index (χ4n) is 2.76. The topological polar surface area (TPSA) is 83.6 Å². The predicted molar refractivity (Wildman–Crippen MR) is 83.6 cm³/mol. The van der Waals surface area contributed by atoms with Crippen LogP contribution in [0.25, 0.3) is 0 Å². The third-order valence-corrected chi connectivity index (χ3v) is 6.07. The summed E-state index contributed by atoms with van der Waals surface area (Å²) in [5.41, 5.74) is 8.21. The zero-order valence-corrected chi connectivity index (χ0v) is 13.5. The summed E-state index contributed by atoms with van der Waals surface area (Å²) >= 11 is 0. The maximum absolute atomic E-state index is 12.9. The van der Waals surface area contributed by atoms with Crippen LogP contribution in [-0.4, -0.2) is 37.0 Å². The van der Waals surface area contributed by atoms with Crippen molar-refractivity contribution in [3.63, 3.8) is 0 Å². The van der Waals surface area contributed by atoms with Gasteiger partial charge in [-0.1, -0.05) is 13.8 Å². The lowest BCUT2D eigenvalue weighted by Gasteiger charge is -2.29. The zero-order valence-electron chi connectivity index (χ0n) is 12.7. The number of aliphatic hydroxyl groups excluding tert-OH is 1. The van der Waals surface area contributed by atoms with E-state index in [1.165, 1.54) is 4.31 Å². The molecule has 1 aliphatic rings. The monoisotopic (exact) mass is 312 g/mol. The summed E-state index contributed by atoms with van der Waals surface area (Å²) in [6, 6.07) is 3.60. The Labute approximate surface area is 126 Å². The first-order chi connectivity index (χ1) is 9.90. The first-order valence-corrected chi connectivity index (χ1v) is 8.93. The molecule has 0 atom stereocenters. The summed E-state index contributed by atoms with van der Waals surface area (Å²) in [5.74, 6) is 0. The van der Waals surface area contributed by atoms with Gasteiger partial charge in [0, 0.05) is 18.8 Å². The summed E-state index contributed by atoms with van der Waals surface area (Å²) in [5, 5.41) is 9.55. The lowest BCUT2D eigenvalue weighted by atomic mass is 10.1. The third-order valence-electron chi connectivity index (χ3n) is 4.11. The molecule has 1 aromatic carbocycles. The lowest BCUT2D eigenvalue weighted by molar-refractivity contribution is 0.113. The first-order valence-electron chi connectivity index (χ1n) is 7.49. The quantitative estimate of drug-likeness (QED) is 0.826. The van der Waals surface area contributed by atoms with Crippen molar-refractivity contribution in [1.29, 1.82) is 0 Å². The summed E-state index contributed by atoms with van der Waals surface area (Å²) in [4.78, 5) is 0.332. The molecule has 2 rings (SSSR count). The van der Waals surface area contributed by atoms with Crippen LogP contribution in [0.15, 0.2) is 17.0 Å². The van der Waals surface area contributed by atoms with Crippen LogP contribution in [0.1, 0.15) is 37.8 Å². The van der Waals surface area contributed by atoms with Crippen molar-refractivity contribution in [2.45, 2.75) is 50.5 Å². The standard InChI is InChI=1S/C15H24N2O3S/c1-3-11-9-14(16)13(4-2)15(10-11)21(19,20)17-7-5-12(18)6-8-17/h9-10,12,18H,3-8,16H2,1-2H3. The number of rotatable bonds is 4. The van der Waals surface area contributed by atoms with E-state index in [4.69, 9.17) is 5.73 Å². The van der Waals surface area contributed by atoms with Gasteiger partial charge in [-0.25, -0.2) is 8.42 Å². The van der Waals surface area contributed by atoms with Gasteiger partial charge in [-0.15, -0.1) is 0 Å². The SMILES string of the molecule is CCc1cc(N)c(CC)c(S(=O)(=O)N2CCC(O)CC2)c1. The van der Waals surface area contributed by atoms with Gasteiger partial charge in [0.05, 0.1) is 11.0 Å². The van der Waals surface area contributed by atoms with Gasteiger partial charge in [0.15, 0.2) is 0 Å². The highest BCUT2D eigenvalue weighted by Gasteiger charge is 2.31. The number of anilines is 1. The normalized spacial score (nSPS) is 18.0. The average Bonchev–Trinajstić information content (AvgIpc) is 2.46. The molecule has 118 valence electrons. The maximum Gasteiger partial charge on any atom is 0.243 e. The minimum Gasteiger partial charge on any atom is -0.398 e. The minimum atomic E-state index is -3.54. The molecule has 1 aromatic rings. The number of nitrogen functional groups attached to an aromatic ring is 1. The van der Waals surface area contributed by atoms with E-state index in [2.05, 4.69) is 0 Å². The maximum atomic E-state index is 12.9. The van der Waals surface area contributed by atoms with Crippen LogP contribution in [0, 0.1) is 0 Å². The van der Waals surface area contributed by atoms with E-state index in [1.807, 2.05) is 19.9 Å². The Morgan fingerprint density at radius 3 is 2.38 bits per heavy atom. The van der Waals surface area contributed by atoms with Crippen LogP contribution in [0.4, 0.5) is 5.69 Å². The second kappa shape index (κ2) is 6.34. The van der Waals surface area contributed by atoms with Crippen LogP contribution in [0.2, 0.25) is 0 Å². The number of aryl methyl sites for hydroxylation is 1. The summed E-state index contributed by atoms with van der Waals surface area (Å²) in [7, 11) is -3.54. The van der Waals surface area contributed by atoms with Gasteiger partial charge in [0.2, 0.25) is 10.0 Å². The number of benzene rings is 1. The third kappa shape index (κ3) is 3.22. The highest BCUT2D eigenvalue weighted by atomic mass is 32.2. The van der Waals surface area contributed by atoms with Crippen LogP contribution in [0.5, 0.6) is 0 Å². The van der Waals surface area contributed by atoms with E-state index in [-0.39, 0.29) is 0 Å². The lowest BCUT2D eigenvalue weighted by Crippen LogP contribution is -2.40. The molecule has 1 heterocycles. The van der Waals surface area contributed by atoms with Crippen molar-refractivity contribution in [2.24, 2.45) is 0 Å². The summed E-state index contributed by atoms with van der Waals surface area (Å²) in [6.07, 6.45) is 1.91. The van der Waals surface area contributed by atoms with Gasteiger partial charge < -0.3 is 10.8 Å². The number of hydrogen-bond donors (Lipinski definition) is 2. The molecule has 0 radical (unpaired) electrons. The molecule has 0 aliphatic carbocycles. The average molecular weight is 312 g/mol. The van der Waals surface area contributed by atoms with Crippen molar-refractivity contribution in [3.8, 4) is 0 Å². The Morgan fingerprint density at radius 2 is 1.86 bits per heavy atom. The molecule has 5 nitrogen and oxygen atoms in total. The minimum absolute atomic E-state index is 0.332. The molecule has 0 aromatic heterocycles. The molecule has 0 unspecified atom stereocenters. The second-order valence-corrected chi connectivity index (χ2v) is 7.41. The molecule has 1 aliphatic heterocycles. The zero-order chi connectivity index (χ0) is 15.6. The van der Waals surface area contributed by atoms with Crippen LogP contribution in [0.3, 0.4) is 0 Å². The smallest absolute Gasteiger partial charge is 0.243 e. The highest BCUT2D eigenvalue weighted by Crippen LogP contribution is 2.29. The van der Waals surface area contributed by atoms with Crippen LogP contribution >= 0.6 is 0 Å². The van der Waals surface area contributed by atoms with Gasteiger partial charge in [-0.3, -0.25) is 0 Å². The Morgan fingerprint density at radius 1 is 1.24 bits per heavy atom. The number of aliphatic hydroxyl groups is 1. The number of nitrogens with two attached hydrogens (primary N) is 1. The second-order valence-electron chi connectivity index (χ2n) is 5.50. The van der Waals surface area contributed by atoms with Gasteiger partial charge in [-0.2, -0.15) is 4.31 Å². The fourth-order valence-corrected chi connectivity index (χ4v) is 4.60. The largest absolute Gasteiger partial charge is 0.398 e. The molecule has 0 bridgehead atoms.